The van der Waals surface area contributed by atoms with Gasteiger partial charge in [-0.3, -0.25) is 0 Å². The third-order valence-electron chi connectivity index (χ3n) is 2.91. The van der Waals surface area contributed by atoms with Gasteiger partial charge >= 0.3 is 0 Å². The normalized spacial score (nSPS) is 10.8. The highest BCUT2D eigenvalue weighted by molar-refractivity contribution is 9.10. The number of nitrogens with zero attached hydrogens (tertiary/aromatic N) is 2. The molecule has 0 spiro atoms. The Morgan fingerprint density at radius 2 is 1.76 bits per heavy atom. The van der Waals surface area contributed by atoms with Crippen LogP contribution in [0.1, 0.15) is 0 Å². The second-order valence-electron chi connectivity index (χ2n) is 4.37. The highest BCUT2D eigenvalue weighted by Gasteiger charge is 2.13. The maximum atomic E-state index is 13.9. The highest BCUT2D eigenvalue weighted by atomic mass is 79.9. The minimum Gasteiger partial charge on any atom is -0.399 e. The molecule has 0 aliphatic heterocycles. The number of rotatable bonds is 2. The third kappa shape index (κ3) is 2.64. The van der Waals surface area contributed by atoms with E-state index < -0.39 is 11.6 Å². The zero-order valence-corrected chi connectivity index (χ0v) is 12.2. The monoisotopic (exact) mass is 350 g/mol. The molecule has 0 radical (unpaired) electrons. The van der Waals surface area contributed by atoms with Crippen LogP contribution < -0.4 is 11.1 Å². The first-order valence-corrected chi connectivity index (χ1v) is 6.75. The minimum atomic E-state index is -0.724. The van der Waals surface area contributed by atoms with Crippen LogP contribution in [-0.2, 0) is 0 Å². The number of hydrogen-bond acceptors (Lipinski definition) is 4. The summed E-state index contributed by atoms with van der Waals surface area (Å²) in [6.07, 6.45) is 1.32. The van der Waals surface area contributed by atoms with Gasteiger partial charge in [-0.1, -0.05) is 15.9 Å². The molecule has 0 saturated carbocycles. The molecule has 4 nitrogen and oxygen atoms in total. The summed E-state index contributed by atoms with van der Waals surface area (Å²) in [5.74, 6) is -1.16. The Balaban J connectivity index is 2.12. The number of nitrogens with two attached hydrogens (primary N) is 1. The molecule has 3 N–H and O–H groups in total. The fourth-order valence-corrected chi connectivity index (χ4v) is 2.36. The Morgan fingerprint density at radius 3 is 2.48 bits per heavy atom. The molecule has 3 aromatic rings. The molecule has 0 atom stereocenters. The van der Waals surface area contributed by atoms with Gasteiger partial charge in [0.25, 0.3) is 0 Å². The smallest absolute Gasteiger partial charge is 0.150 e. The quantitative estimate of drug-likeness (QED) is 0.685. The van der Waals surface area contributed by atoms with Crippen LogP contribution in [0, 0.1) is 11.6 Å². The molecule has 7 heteroatoms. The Hall–Kier alpha value is -2.28. The molecule has 1 aromatic heterocycles. The molecule has 0 unspecified atom stereocenters. The predicted molar refractivity (Wildman–Crippen MR) is 81.3 cm³/mol. The van der Waals surface area contributed by atoms with Crippen LogP contribution >= 0.6 is 15.9 Å². The van der Waals surface area contributed by atoms with Crippen LogP contribution in [0.15, 0.2) is 41.1 Å². The Morgan fingerprint density at radius 1 is 1.05 bits per heavy atom. The molecule has 0 fully saturated rings. The fourth-order valence-electron chi connectivity index (χ4n) is 1.95. The van der Waals surface area contributed by atoms with Crippen molar-refractivity contribution >= 4 is 44.0 Å². The number of fused-ring (bicyclic) bond motifs is 1. The van der Waals surface area contributed by atoms with Crippen molar-refractivity contribution in [2.75, 3.05) is 11.1 Å². The van der Waals surface area contributed by atoms with Crippen LogP contribution in [0.3, 0.4) is 0 Å². The lowest BCUT2D eigenvalue weighted by Crippen LogP contribution is -2.01. The van der Waals surface area contributed by atoms with Gasteiger partial charge in [-0.05, 0) is 30.3 Å². The van der Waals surface area contributed by atoms with E-state index in [1.54, 1.807) is 18.2 Å². The van der Waals surface area contributed by atoms with Crippen molar-refractivity contribution < 1.29 is 8.78 Å². The minimum absolute atomic E-state index is 0.277. The van der Waals surface area contributed by atoms with Crippen LogP contribution in [0.2, 0.25) is 0 Å². The lowest BCUT2D eigenvalue weighted by molar-refractivity contribution is 0.589. The average molecular weight is 351 g/mol. The predicted octanol–water partition coefficient (Wildman–Crippen LogP) is 4.00. The number of hydrogen-bond donors (Lipinski definition) is 2. The van der Waals surface area contributed by atoms with Crippen molar-refractivity contribution in [2.45, 2.75) is 0 Å². The van der Waals surface area contributed by atoms with Gasteiger partial charge < -0.3 is 11.1 Å². The summed E-state index contributed by atoms with van der Waals surface area (Å²) in [7, 11) is 0. The maximum absolute atomic E-state index is 13.9. The van der Waals surface area contributed by atoms with Gasteiger partial charge in [-0.15, -0.1) is 0 Å². The van der Waals surface area contributed by atoms with Gasteiger partial charge in [0.2, 0.25) is 0 Å². The largest absolute Gasteiger partial charge is 0.399 e. The summed E-state index contributed by atoms with van der Waals surface area (Å²) in [5, 5.41) is 3.24. The van der Waals surface area contributed by atoms with E-state index in [2.05, 4.69) is 31.2 Å². The van der Waals surface area contributed by atoms with E-state index in [4.69, 9.17) is 5.73 Å². The molecular formula is C14H9BrF2N4. The maximum Gasteiger partial charge on any atom is 0.150 e. The summed E-state index contributed by atoms with van der Waals surface area (Å²) in [5.41, 5.74) is 6.59. The van der Waals surface area contributed by atoms with Gasteiger partial charge in [-0.25, -0.2) is 18.7 Å². The molecule has 1 heterocycles. The topological polar surface area (TPSA) is 63.8 Å². The number of nitrogen functional groups attached to an aromatic ring is 1. The summed E-state index contributed by atoms with van der Waals surface area (Å²) in [6, 6.07) is 7.39. The number of benzene rings is 2. The number of nitrogens with one attached hydrogen (secondary N) is 1. The molecular weight excluding hydrogens is 342 g/mol. The lowest BCUT2D eigenvalue weighted by atomic mass is 10.2. The fraction of sp³-hybridized carbons (Fsp3) is 0. The SMILES string of the molecule is Nc1ccc2ncnc(Nc3c(F)cc(Br)cc3F)c2c1. The second-order valence-corrected chi connectivity index (χ2v) is 5.28. The van der Waals surface area contributed by atoms with Crippen molar-refractivity contribution in [3.8, 4) is 0 Å². The van der Waals surface area contributed by atoms with E-state index in [0.717, 1.165) is 0 Å². The molecule has 0 amide bonds. The highest BCUT2D eigenvalue weighted by Crippen LogP contribution is 2.29. The summed E-state index contributed by atoms with van der Waals surface area (Å²) < 4.78 is 28.1. The Kier molecular flexibility index (Phi) is 3.42. The number of anilines is 3. The van der Waals surface area contributed by atoms with Gasteiger partial charge in [0, 0.05) is 15.5 Å². The van der Waals surface area contributed by atoms with Crippen molar-refractivity contribution in [3.63, 3.8) is 0 Å². The van der Waals surface area contributed by atoms with Crippen LogP contribution in [0.4, 0.5) is 26.0 Å². The van der Waals surface area contributed by atoms with Gasteiger partial charge in [0.15, 0.2) is 11.6 Å². The van der Waals surface area contributed by atoms with Crippen molar-refractivity contribution in [2.24, 2.45) is 0 Å². The first kappa shape index (κ1) is 13.7. The van der Waals surface area contributed by atoms with Crippen LogP contribution in [0.5, 0.6) is 0 Å². The van der Waals surface area contributed by atoms with Gasteiger partial charge in [0.1, 0.15) is 17.8 Å². The zero-order chi connectivity index (χ0) is 15.0. The van der Waals surface area contributed by atoms with E-state index in [1.807, 2.05) is 0 Å². The zero-order valence-electron chi connectivity index (χ0n) is 10.6. The Bertz CT molecular complexity index is 815. The lowest BCUT2D eigenvalue weighted by Gasteiger charge is -2.10. The molecule has 2 aromatic carbocycles. The molecule has 3 rings (SSSR count). The molecule has 21 heavy (non-hydrogen) atoms. The van der Waals surface area contributed by atoms with Crippen molar-refractivity contribution in [1.29, 1.82) is 0 Å². The van der Waals surface area contributed by atoms with Crippen LogP contribution in [-0.4, -0.2) is 9.97 Å². The third-order valence-corrected chi connectivity index (χ3v) is 3.37. The molecule has 0 bridgehead atoms. The van der Waals surface area contributed by atoms with E-state index in [-0.39, 0.29) is 11.5 Å². The van der Waals surface area contributed by atoms with E-state index in [0.29, 0.717) is 21.1 Å². The van der Waals surface area contributed by atoms with Gasteiger partial charge in [-0.2, -0.15) is 0 Å². The van der Waals surface area contributed by atoms with E-state index >= 15 is 0 Å². The number of halogens is 3. The standard InChI is InChI=1S/C14H9BrF2N4/c15-7-3-10(16)13(11(17)4-7)21-14-9-5-8(18)1-2-12(9)19-6-20-14/h1-6H,18H2,(H,19,20,21). The molecule has 0 saturated heterocycles. The number of aromatic nitrogens is 2. The summed E-state index contributed by atoms with van der Waals surface area (Å²) in [6.45, 7) is 0. The van der Waals surface area contributed by atoms with Crippen molar-refractivity contribution in [1.82, 2.24) is 9.97 Å². The average Bonchev–Trinajstić information content (AvgIpc) is 2.43. The summed E-state index contributed by atoms with van der Waals surface area (Å²) in [4.78, 5) is 8.11. The van der Waals surface area contributed by atoms with E-state index in [9.17, 15) is 8.78 Å². The van der Waals surface area contributed by atoms with E-state index in [1.165, 1.54) is 18.5 Å². The molecule has 0 aliphatic carbocycles. The molecule has 0 aliphatic rings. The Labute approximate surface area is 127 Å². The van der Waals surface area contributed by atoms with Gasteiger partial charge in [0.05, 0.1) is 5.52 Å². The molecule has 106 valence electrons. The summed E-state index contributed by atoms with van der Waals surface area (Å²) >= 11 is 3.03. The second kappa shape index (κ2) is 5.25. The first-order chi connectivity index (χ1) is 10.0. The van der Waals surface area contributed by atoms with Crippen molar-refractivity contribution in [3.05, 3.63) is 52.8 Å². The van der Waals surface area contributed by atoms with Crippen LogP contribution in [0.25, 0.3) is 10.9 Å². The first-order valence-electron chi connectivity index (χ1n) is 5.96.